The van der Waals surface area contributed by atoms with Gasteiger partial charge in [0, 0.05) is 11.1 Å². The minimum Gasteiger partial charge on any atom is -0.488 e. The van der Waals surface area contributed by atoms with Crippen LogP contribution in [-0.4, -0.2) is 36.5 Å². The number of rotatable bonds is 12. The van der Waals surface area contributed by atoms with Crippen molar-refractivity contribution in [3.8, 4) is 11.5 Å². The summed E-state index contributed by atoms with van der Waals surface area (Å²) in [6.45, 7) is 8.29. The summed E-state index contributed by atoms with van der Waals surface area (Å²) in [6.07, 6.45) is 1.45. The first-order valence-corrected chi connectivity index (χ1v) is 13.8. The van der Waals surface area contributed by atoms with E-state index in [2.05, 4.69) is 21.1 Å². The molecule has 0 aliphatic rings. The van der Waals surface area contributed by atoms with Crippen LogP contribution in [0.2, 0.25) is 0 Å². The molecule has 8 nitrogen and oxygen atoms in total. The molecule has 0 bridgehead atoms. The van der Waals surface area contributed by atoms with Crippen molar-refractivity contribution in [2.45, 2.75) is 40.5 Å². The minimum absolute atomic E-state index is 0.218. The Morgan fingerprint density at radius 1 is 0.800 bits per heavy atom. The number of nitrogens with one attached hydrogen (secondary N) is 2. The first-order chi connectivity index (χ1) is 17.0. The number of carbonyl (C=O) groups excluding carboxylic acids is 2. The molecular weight excluding hydrogens is 504 g/mol. The Morgan fingerprint density at radius 3 is 1.57 bits per heavy atom. The third-order valence-electron chi connectivity index (χ3n) is 4.66. The van der Waals surface area contributed by atoms with Crippen LogP contribution in [0.15, 0.2) is 43.9 Å². The van der Waals surface area contributed by atoms with E-state index in [1.807, 2.05) is 61.3 Å². The van der Waals surface area contributed by atoms with Crippen LogP contribution in [0.3, 0.4) is 0 Å². The summed E-state index contributed by atoms with van der Waals surface area (Å²) in [4.78, 5) is 26.6. The van der Waals surface area contributed by atoms with E-state index in [-0.39, 0.29) is 21.3 Å². The van der Waals surface area contributed by atoms with Crippen LogP contribution < -0.4 is 20.3 Å². The smallest absolute Gasteiger partial charge is 0.285 e. The number of hydrazone groups is 2. The fourth-order valence-corrected chi connectivity index (χ4v) is 5.18. The lowest BCUT2D eigenvalue weighted by atomic mass is 10.2. The lowest BCUT2D eigenvalue weighted by molar-refractivity contribution is 0.0945. The molecule has 2 N–H and O–H groups in total. The second-order valence-corrected chi connectivity index (χ2v) is 10.00. The van der Waals surface area contributed by atoms with Gasteiger partial charge in [-0.15, -0.1) is 11.3 Å². The van der Waals surface area contributed by atoms with Crippen LogP contribution >= 0.6 is 34.0 Å². The van der Waals surface area contributed by atoms with Gasteiger partial charge < -0.3 is 9.47 Å². The average molecular weight is 533 g/mol. The molecular formula is C24H28N4O4S3. The highest BCUT2D eigenvalue weighted by atomic mass is 32.1. The normalized spacial score (nSPS) is 11.9. The first-order valence-electron chi connectivity index (χ1n) is 11.1. The van der Waals surface area contributed by atoms with E-state index in [1.54, 1.807) is 22.7 Å². The van der Waals surface area contributed by atoms with E-state index in [1.165, 1.54) is 0 Å². The van der Waals surface area contributed by atoms with Crippen LogP contribution in [0, 0.1) is 0 Å². The molecule has 0 aliphatic heterocycles. The Bertz CT molecular complexity index is 1090. The minimum atomic E-state index is -0.478. The monoisotopic (exact) mass is 532 g/mol. The lowest BCUT2D eigenvalue weighted by Crippen LogP contribution is -2.19. The quantitative estimate of drug-likeness (QED) is 0.229. The fraction of sp³-hybridized carbons (Fsp3) is 0.333. The number of carbonyl (C=O) groups is 2. The van der Waals surface area contributed by atoms with Gasteiger partial charge in [-0.3, -0.25) is 9.59 Å². The van der Waals surface area contributed by atoms with E-state index in [0.717, 1.165) is 35.3 Å². The summed E-state index contributed by atoms with van der Waals surface area (Å²) in [6, 6.07) is 3.85. The van der Waals surface area contributed by atoms with Crippen molar-refractivity contribution in [1.29, 1.82) is 0 Å². The third kappa shape index (κ3) is 7.00. The van der Waals surface area contributed by atoms with Crippen molar-refractivity contribution in [3.63, 3.8) is 0 Å². The predicted octanol–water partition coefficient (Wildman–Crippen LogP) is 5.76. The average Bonchev–Trinajstić information content (AvgIpc) is 3.64. The summed E-state index contributed by atoms with van der Waals surface area (Å²) in [5.41, 5.74) is 8.35. The van der Waals surface area contributed by atoms with Crippen LogP contribution in [-0.2, 0) is 0 Å². The van der Waals surface area contributed by atoms with Gasteiger partial charge >= 0.3 is 0 Å². The Kier molecular flexibility index (Phi) is 10.0. The Hall–Kier alpha value is -3.02. The maximum absolute atomic E-state index is 13.1. The third-order valence-corrected chi connectivity index (χ3v) is 7.18. The van der Waals surface area contributed by atoms with Gasteiger partial charge in [-0.25, -0.2) is 10.9 Å². The van der Waals surface area contributed by atoms with E-state index in [9.17, 15) is 9.59 Å². The van der Waals surface area contributed by atoms with Crippen LogP contribution in [0.4, 0.5) is 0 Å². The van der Waals surface area contributed by atoms with E-state index < -0.39 is 11.8 Å². The van der Waals surface area contributed by atoms with Gasteiger partial charge in [0.05, 0.1) is 24.6 Å². The maximum atomic E-state index is 13.1. The van der Waals surface area contributed by atoms with Crippen molar-refractivity contribution in [2.24, 2.45) is 10.2 Å². The highest BCUT2D eigenvalue weighted by Gasteiger charge is 2.29. The highest BCUT2D eigenvalue weighted by molar-refractivity contribution is 7.16. The first kappa shape index (κ1) is 26.6. The predicted molar refractivity (Wildman–Crippen MR) is 144 cm³/mol. The van der Waals surface area contributed by atoms with Crippen molar-refractivity contribution < 1.29 is 19.1 Å². The number of hydrogen-bond donors (Lipinski definition) is 2. The molecule has 0 unspecified atom stereocenters. The van der Waals surface area contributed by atoms with Gasteiger partial charge in [-0.05, 0) is 60.3 Å². The van der Waals surface area contributed by atoms with Gasteiger partial charge in [-0.2, -0.15) is 32.9 Å². The van der Waals surface area contributed by atoms with E-state index in [4.69, 9.17) is 9.47 Å². The molecule has 11 heteroatoms. The number of nitrogens with zero attached hydrogens (tertiary/aromatic N) is 2. The van der Waals surface area contributed by atoms with Crippen molar-refractivity contribution in [1.82, 2.24) is 10.9 Å². The molecule has 0 saturated carbocycles. The number of thiophene rings is 3. The summed E-state index contributed by atoms with van der Waals surface area (Å²) in [7, 11) is 0. The van der Waals surface area contributed by atoms with Gasteiger partial charge in [0.15, 0.2) is 11.5 Å². The zero-order valence-corrected chi connectivity index (χ0v) is 22.5. The standard InChI is InChI=1S/C24H28N4O4S3/c1-5-9-31-19-20(32-10-6-2)22(24(30)28-26-16(4)18-8-12-34-14-18)35-21(19)23(29)27-25-15(3)17-7-11-33-13-17/h7-8,11-14H,5-6,9-10H2,1-4H3,(H,27,29)(H,28,30)/b25-15-,26-16-. The van der Waals surface area contributed by atoms with Crippen LogP contribution in [0.25, 0.3) is 0 Å². The SMILES string of the molecule is CCCOc1c(C(=O)N/N=C(/C)c2ccsc2)sc(C(=O)N/N=C(/C)c2ccsc2)c1OCCC. The molecule has 186 valence electrons. The van der Waals surface area contributed by atoms with Crippen molar-refractivity contribution >= 4 is 57.2 Å². The van der Waals surface area contributed by atoms with Gasteiger partial charge in [0.25, 0.3) is 11.8 Å². The van der Waals surface area contributed by atoms with Gasteiger partial charge in [0.1, 0.15) is 9.75 Å². The largest absolute Gasteiger partial charge is 0.488 e. The summed E-state index contributed by atoms with van der Waals surface area (Å²) in [5, 5.41) is 16.2. The summed E-state index contributed by atoms with van der Waals surface area (Å²) < 4.78 is 11.8. The van der Waals surface area contributed by atoms with Crippen molar-refractivity contribution in [2.75, 3.05) is 13.2 Å². The molecule has 0 atom stereocenters. The van der Waals surface area contributed by atoms with Crippen LogP contribution in [0.5, 0.6) is 11.5 Å². The zero-order valence-electron chi connectivity index (χ0n) is 20.0. The molecule has 2 amide bonds. The maximum Gasteiger partial charge on any atom is 0.285 e. The zero-order chi connectivity index (χ0) is 25.2. The molecule has 0 aromatic carbocycles. The second-order valence-electron chi connectivity index (χ2n) is 7.42. The second kappa shape index (κ2) is 13.2. The Labute approximate surface area is 216 Å². The molecule has 0 aliphatic carbocycles. The molecule has 3 aromatic rings. The number of ether oxygens (including phenoxy) is 2. The van der Waals surface area contributed by atoms with Gasteiger partial charge in [-0.1, -0.05) is 13.8 Å². The molecule has 0 fully saturated rings. The van der Waals surface area contributed by atoms with Gasteiger partial charge in [0.2, 0.25) is 0 Å². The Morgan fingerprint density at radius 2 is 1.23 bits per heavy atom. The molecule has 3 aromatic heterocycles. The van der Waals surface area contributed by atoms with E-state index >= 15 is 0 Å². The molecule has 0 radical (unpaired) electrons. The molecule has 35 heavy (non-hydrogen) atoms. The number of hydrogen-bond acceptors (Lipinski definition) is 9. The lowest BCUT2D eigenvalue weighted by Gasteiger charge is -2.11. The number of amides is 2. The van der Waals surface area contributed by atoms with Crippen molar-refractivity contribution in [3.05, 3.63) is 54.5 Å². The van der Waals surface area contributed by atoms with E-state index in [0.29, 0.717) is 24.6 Å². The molecule has 0 spiro atoms. The summed E-state index contributed by atoms with van der Waals surface area (Å²) >= 11 is 4.09. The summed E-state index contributed by atoms with van der Waals surface area (Å²) in [5.74, 6) is -0.465. The molecule has 0 saturated heterocycles. The Balaban J connectivity index is 1.91. The molecule has 3 rings (SSSR count). The van der Waals surface area contributed by atoms with Crippen LogP contribution in [0.1, 0.15) is 71.0 Å². The topological polar surface area (TPSA) is 101 Å². The highest BCUT2D eigenvalue weighted by Crippen LogP contribution is 2.42. The molecule has 3 heterocycles. The fourth-order valence-electron chi connectivity index (χ4n) is 2.81.